The Labute approximate surface area is 286 Å². The minimum atomic E-state index is -1.03. The van der Waals surface area contributed by atoms with Gasteiger partial charge >= 0.3 is 12.1 Å². The number of imide groups is 1. The molecule has 10 nitrogen and oxygen atoms in total. The molecule has 4 aromatic rings. The van der Waals surface area contributed by atoms with Crippen molar-refractivity contribution in [3.63, 3.8) is 0 Å². The Bertz CT molecular complexity index is 1770. The first-order valence-electron chi connectivity index (χ1n) is 15.2. The van der Waals surface area contributed by atoms with E-state index >= 15 is 0 Å². The maximum Gasteiger partial charge on any atom is 0.407 e. The highest BCUT2D eigenvalue weighted by Crippen LogP contribution is 2.44. The number of rotatable bonds is 10. The summed E-state index contributed by atoms with van der Waals surface area (Å²) in [7, 11) is 1.51. The molecule has 0 radical (unpaired) electrons. The first-order valence-corrected chi connectivity index (χ1v) is 16.3. The summed E-state index contributed by atoms with van der Waals surface area (Å²) in [6.45, 7) is -0.0938. The Morgan fingerprint density at radius 1 is 0.915 bits per heavy atom. The number of fused-ring (bicyclic) bond motifs is 3. The summed E-state index contributed by atoms with van der Waals surface area (Å²) in [6, 6.07) is 29.1. The number of halogens is 1. The number of nitrogens with one attached hydrogen (secondary N) is 2. The molecule has 11 heteroatoms. The molecule has 1 fully saturated rings. The van der Waals surface area contributed by atoms with E-state index in [2.05, 4.69) is 45.4 Å². The molecule has 0 aromatic heterocycles. The van der Waals surface area contributed by atoms with Gasteiger partial charge in [0.15, 0.2) is 0 Å². The van der Waals surface area contributed by atoms with E-state index in [9.17, 15) is 19.2 Å². The lowest BCUT2D eigenvalue weighted by atomic mass is 9.98. The molecular weight excluding hydrogens is 711 g/mol. The van der Waals surface area contributed by atoms with Crippen LogP contribution in [0.15, 0.2) is 97.1 Å². The maximum atomic E-state index is 13.6. The van der Waals surface area contributed by atoms with Gasteiger partial charge in [0.05, 0.1) is 12.8 Å². The van der Waals surface area contributed by atoms with E-state index < -0.39 is 30.0 Å². The molecule has 0 saturated carbocycles. The average Bonchev–Trinajstić information content (AvgIpc) is 3.41. The monoisotopic (exact) mass is 744 g/mol. The van der Waals surface area contributed by atoms with Gasteiger partial charge in [0.2, 0.25) is 11.8 Å². The lowest BCUT2D eigenvalue weighted by Gasteiger charge is -2.35. The standard InChI is InChI=1S/C36H33IN4O6/c1-46-32-16-15-24(37)20-31(32)40-18-17-33(42)41(36(40)45)22-38-34(43)30(19-23-9-3-2-4-10-23)39-35(44)47-21-29-27-13-7-5-11-25(27)26-12-6-8-14-28(26)29/h2-16,20,29-30H,17-19,21-22H2,1H3,(H,38,43)(H,39,44)/t30-/m0/s1. The number of hydrogen-bond acceptors (Lipinski definition) is 6. The van der Waals surface area contributed by atoms with Crippen LogP contribution in [0.3, 0.4) is 0 Å². The number of hydrogen-bond donors (Lipinski definition) is 2. The highest BCUT2D eigenvalue weighted by atomic mass is 127. The molecule has 1 aliphatic heterocycles. The molecule has 0 unspecified atom stereocenters. The minimum absolute atomic E-state index is 0.0711. The van der Waals surface area contributed by atoms with Gasteiger partial charge < -0.3 is 20.1 Å². The Kier molecular flexibility index (Phi) is 9.71. The molecule has 1 saturated heterocycles. The molecule has 2 aliphatic rings. The van der Waals surface area contributed by atoms with Crippen molar-refractivity contribution in [1.29, 1.82) is 0 Å². The maximum absolute atomic E-state index is 13.6. The number of amides is 5. The van der Waals surface area contributed by atoms with E-state index in [1.54, 1.807) is 12.1 Å². The van der Waals surface area contributed by atoms with Crippen LogP contribution in [-0.4, -0.2) is 61.8 Å². The molecule has 0 spiro atoms. The van der Waals surface area contributed by atoms with Gasteiger partial charge in [0, 0.05) is 28.9 Å². The third-order valence-electron chi connectivity index (χ3n) is 8.39. The number of ether oxygens (including phenoxy) is 2. The van der Waals surface area contributed by atoms with Gasteiger partial charge in [-0.15, -0.1) is 0 Å². The SMILES string of the molecule is COc1ccc(I)cc1N1CCC(=O)N(CNC(=O)[C@H](Cc2ccccc2)NC(=O)OCC2c3ccccc3-c3ccccc32)C1=O. The summed E-state index contributed by atoms with van der Waals surface area (Å²) in [6.07, 6.45) is -0.503. The molecule has 2 N–H and O–H groups in total. The number of nitrogens with zero attached hydrogens (tertiary/aromatic N) is 2. The second-order valence-electron chi connectivity index (χ2n) is 11.2. The zero-order valence-electron chi connectivity index (χ0n) is 25.6. The molecular formula is C36H33IN4O6. The Hall–Kier alpha value is -4.91. The van der Waals surface area contributed by atoms with E-state index in [-0.39, 0.29) is 38.6 Å². The lowest BCUT2D eigenvalue weighted by Crippen LogP contribution is -2.57. The number of methoxy groups -OCH3 is 1. The predicted molar refractivity (Wildman–Crippen MR) is 185 cm³/mol. The van der Waals surface area contributed by atoms with Gasteiger partial charge in [-0.25, -0.2) is 14.5 Å². The summed E-state index contributed by atoms with van der Waals surface area (Å²) < 4.78 is 12.1. The first-order chi connectivity index (χ1) is 22.8. The number of carbonyl (C=O) groups is 4. The van der Waals surface area contributed by atoms with Crippen LogP contribution in [-0.2, 0) is 20.7 Å². The molecule has 47 heavy (non-hydrogen) atoms. The average molecular weight is 745 g/mol. The summed E-state index contributed by atoms with van der Waals surface area (Å²) >= 11 is 2.14. The largest absolute Gasteiger partial charge is 0.495 e. The number of alkyl carbamates (subject to hydrolysis) is 1. The van der Waals surface area contributed by atoms with Crippen LogP contribution in [0.25, 0.3) is 11.1 Å². The molecule has 1 aliphatic carbocycles. The zero-order valence-corrected chi connectivity index (χ0v) is 27.8. The van der Waals surface area contributed by atoms with Gasteiger partial charge in [-0.1, -0.05) is 78.9 Å². The first kappa shape index (κ1) is 32.0. The lowest BCUT2D eigenvalue weighted by molar-refractivity contribution is -0.130. The van der Waals surface area contributed by atoms with Crippen LogP contribution in [0, 0.1) is 3.57 Å². The fourth-order valence-corrected chi connectivity index (χ4v) is 6.54. The van der Waals surface area contributed by atoms with Crippen molar-refractivity contribution < 1.29 is 28.7 Å². The van der Waals surface area contributed by atoms with Gasteiger partial charge in [-0.05, 0) is 68.6 Å². The third kappa shape index (κ3) is 6.94. The van der Waals surface area contributed by atoms with E-state index in [0.717, 1.165) is 36.3 Å². The third-order valence-corrected chi connectivity index (χ3v) is 9.06. The molecule has 0 bridgehead atoms. The van der Waals surface area contributed by atoms with E-state index in [4.69, 9.17) is 9.47 Å². The molecule has 5 amide bonds. The van der Waals surface area contributed by atoms with E-state index in [1.807, 2.05) is 72.8 Å². The Morgan fingerprint density at radius 3 is 2.26 bits per heavy atom. The topological polar surface area (TPSA) is 117 Å². The van der Waals surface area contributed by atoms with Gasteiger partial charge in [0.25, 0.3) is 0 Å². The molecule has 1 heterocycles. The van der Waals surface area contributed by atoms with Crippen molar-refractivity contribution in [2.24, 2.45) is 0 Å². The normalized spacial score (nSPS) is 14.7. The minimum Gasteiger partial charge on any atom is -0.495 e. The van der Waals surface area contributed by atoms with E-state index in [1.165, 1.54) is 12.0 Å². The summed E-state index contributed by atoms with van der Waals surface area (Å²) in [5.41, 5.74) is 5.72. The number of anilines is 1. The van der Waals surface area contributed by atoms with E-state index in [0.29, 0.717) is 11.4 Å². The highest BCUT2D eigenvalue weighted by Gasteiger charge is 2.35. The van der Waals surface area contributed by atoms with Crippen LogP contribution in [0.4, 0.5) is 15.3 Å². The Balaban J connectivity index is 1.13. The van der Waals surface area contributed by atoms with Crippen LogP contribution in [0.2, 0.25) is 0 Å². The smallest absolute Gasteiger partial charge is 0.407 e. The summed E-state index contributed by atoms with van der Waals surface area (Å²) in [5.74, 6) is -0.625. The number of benzene rings is 4. The second kappa shape index (κ2) is 14.2. The molecule has 4 aromatic carbocycles. The molecule has 240 valence electrons. The highest BCUT2D eigenvalue weighted by molar-refractivity contribution is 14.1. The van der Waals surface area contributed by atoms with Crippen molar-refractivity contribution >= 4 is 52.2 Å². The van der Waals surface area contributed by atoms with Crippen molar-refractivity contribution in [2.45, 2.75) is 24.8 Å². The second-order valence-corrected chi connectivity index (χ2v) is 12.5. The quantitative estimate of drug-likeness (QED) is 0.202. The van der Waals surface area contributed by atoms with Crippen molar-refractivity contribution in [3.8, 4) is 16.9 Å². The fraction of sp³-hybridized carbons (Fsp3) is 0.222. The van der Waals surface area contributed by atoms with Crippen LogP contribution in [0.5, 0.6) is 5.75 Å². The zero-order chi connectivity index (χ0) is 32.9. The van der Waals surface area contributed by atoms with Crippen LogP contribution in [0.1, 0.15) is 29.0 Å². The van der Waals surface area contributed by atoms with Crippen molar-refractivity contribution in [2.75, 3.05) is 31.8 Å². The number of urea groups is 1. The van der Waals surface area contributed by atoms with Crippen LogP contribution >= 0.6 is 22.6 Å². The number of carbonyl (C=O) groups excluding carboxylic acids is 4. The summed E-state index contributed by atoms with van der Waals surface area (Å²) in [4.78, 5) is 55.5. The van der Waals surface area contributed by atoms with Crippen molar-refractivity contribution in [1.82, 2.24) is 15.5 Å². The predicted octanol–water partition coefficient (Wildman–Crippen LogP) is 5.68. The van der Waals surface area contributed by atoms with Gasteiger partial charge in [-0.3, -0.25) is 14.5 Å². The summed E-state index contributed by atoms with van der Waals surface area (Å²) in [5, 5.41) is 5.40. The molecule has 1 atom stereocenters. The molecule has 6 rings (SSSR count). The fourth-order valence-electron chi connectivity index (χ4n) is 6.07. The van der Waals surface area contributed by atoms with Crippen molar-refractivity contribution in [3.05, 3.63) is 117 Å². The van der Waals surface area contributed by atoms with Gasteiger partial charge in [-0.2, -0.15) is 0 Å². The van der Waals surface area contributed by atoms with Crippen LogP contribution < -0.4 is 20.3 Å². The van der Waals surface area contributed by atoms with Gasteiger partial charge in [0.1, 0.15) is 25.1 Å². The Morgan fingerprint density at radius 2 is 1.57 bits per heavy atom.